The number of nitrogens with two attached hydrogens (primary N) is 1. The van der Waals surface area contributed by atoms with Gasteiger partial charge in [0.25, 0.3) is 0 Å². The largest absolute Gasteiger partial charge is 0.330 e. The third-order valence-electron chi connectivity index (χ3n) is 1.42. The van der Waals surface area contributed by atoms with E-state index >= 15 is 0 Å². The van der Waals surface area contributed by atoms with Crippen LogP contribution < -0.4 is 5.73 Å². The minimum Gasteiger partial charge on any atom is -0.330 e. The molecule has 0 radical (unpaired) electrons. The molecule has 0 rings (SSSR count). The van der Waals surface area contributed by atoms with Gasteiger partial charge < -0.3 is 5.73 Å². The molecule has 0 saturated heterocycles. The van der Waals surface area contributed by atoms with Crippen molar-refractivity contribution in [1.82, 2.24) is 0 Å². The maximum absolute atomic E-state index is 5.43. The van der Waals surface area contributed by atoms with Gasteiger partial charge >= 0.3 is 0 Å². The summed E-state index contributed by atoms with van der Waals surface area (Å²) in [6, 6.07) is 0. The van der Waals surface area contributed by atoms with E-state index in [1.165, 1.54) is 12.0 Å². The molecular formula is C9H18N2. The zero-order valence-corrected chi connectivity index (χ0v) is 7.51. The van der Waals surface area contributed by atoms with E-state index in [4.69, 9.17) is 5.73 Å². The summed E-state index contributed by atoms with van der Waals surface area (Å²) in [5, 5.41) is 0. The number of allylic oxidation sites excluding steroid dienone is 1. The van der Waals surface area contributed by atoms with E-state index in [1.54, 1.807) is 7.05 Å². The highest BCUT2D eigenvalue weighted by molar-refractivity contribution is 5.78. The van der Waals surface area contributed by atoms with Crippen molar-refractivity contribution >= 4 is 6.21 Å². The number of hydrogen-bond donors (Lipinski definition) is 1. The highest BCUT2D eigenvalue weighted by atomic mass is 14.6. The monoisotopic (exact) mass is 154 g/mol. The molecule has 2 nitrogen and oxygen atoms in total. The minimum atomic E-state index is 0.710. The second-order valence-corrected chi connectivity index (χ2v) is 2.49. The van der Waals surface area contributed by atoms with Gasteiger partial charge in [-0.1, -0.05) is 19.4 Å². The Kier molecular flexibility index (Phi) is 7.05. The lowest BCUT2D eigenvalue weighted by Crippen LogP contribution is -2.01. The standard InChI is InChI=1S/C9H18N2/c1-3-4-5-9(6-7-10)8-11-2/h5,8H,3-4,6-7,10H2,1-2H3/b9-5-,11-8?. The van der Waals surface area contributed by atoms with Gasteiger partial charge in [-0.25, -0.2) is 0 Å². The fraction of sp³-hybridized carbons (Fsp3) is 0.667. The summed E-state index contributed by atoms with van der Waals surface area (Å²) >= 11 is 0. The summed E-state index contributed by atoms with van der Waals surface area (Å²) < 4.78 is 0. The van der Waals surface area contributed by atoms with E-state index in [0.717, 1.165) is 12.8 Å². The van der Waals surface area contributed by atoms with Crippen molar-refractivity contribution in [1.29, 1.82) is 0 Å². The van der Waals surface area contributed by atoms with Gasteiger partial charge in [-0.2, -0.15) is 0 Å². The first kappa shape index (κ1) is 10.4. The van der Waals surface area contributed by atoms with Crippen molar-refractivity contribution in [3.8, 4) is 0 Å². The first-order valence-electron chi connectivity index (χ1n) is 4.16. The van der Waals surface area contributed by atoms with E-state index in [0.29, 0.717) is 6.54 Å². The second-order valence-electron chi connectivity index (χ2n) is 2.49. The summed E-state index contributed by atoms with van der Waals surface area (Å²) in [6.45, 7) is 2.88. The van der Waals surface area contributed by atoms with Crippen LogP contribution in [-0.2, 0) is 0 Å². The Morgan fingerprint density at radius 1 is 1.55 bits per heavy atom. The molecule has 0 aliphatic carbocycles. The topological polar surface area (TPSA) is 38.4 Å². The molecule has 0 aromatic heterocycles. The van der Waals surface area contributed by atoms with Gasteiger partial charge in [-0.05, 0) is 25.0 Å². The first-order chi connectivity index (χ1) is 5.35. The first-order valence-corrected chi connectivity index (χ1v) is 4.16. The number of rotatable bonds is 5. The summed E-state index contributed by atoms with van der Waals surface area (Å²) in [4.78, 5) is 3.96. The van der Waals surface area contributed by atoms with Gasteiger partial charge in [0.15, 0.2) is 0 Å². The molecular weight excluding hydrogens is 136 g/mol. The molecule has 0 heterocycles. The summed E-state index contributed by atoms with van der Waals surface area (Å²) in [6.07, 6.45) is 7.35. The lowest BCUT2D eigenvalue weighted by molar-refractivity contribution is 0.927. The van der Waals surface area contributed by atoms with E-state index in [-0.39, 0.29) is 0 Å². The van der Waals surface area contributed by atoms with E-state index in [2.05, 4.69) is 18.0 Å². The molecule has 11 heavy (non-hydrogen) atoms. The van der Waals surface area contributed by atoms with Gasteiger partial charge in [0.1, 0.15) is 0 Å². The molecule has 64 valence electrons. The summed E-state index contributed by atoms with van der Waals surface area (Å²) in [5.41, 5.74) is 6.69. The Bertz CT molecular complexity index is 136. The van der Waals surface area contributed by atoms with Crippen molar-refractivity contribution in [2.24, 2.45) is 10.7 Å². The summed E-state index contributed by atoms with van der Waals surface area (Å²) in [5.74, 6) is 0. The van der Waals surface area contributed by atoms with Crippen molar-refractivity contribution in [2.45, 2.75) is 26.2 Å². The molecule has 0 atom stereocenters. The molecule has 0 aromatic carbocycles. The van der Waals surface area contributed by atoms with Crippen LogP contribution in [0.5, 0.6) is 0 Å². The van der Waals surface area contributed by atoms with Crippen LogP contribution in [0.15, 0.2) is 16.6 Å². The lowest BCUT2D eigenvalue weighted by Gasteiger charge is -1.97. The minimum absolute atomic E-state index is 0.710. The molecule has 0 amide bonds. The van der Waals surface area contributed by atoms with Gasteiger partial charge in [-0.3, -0.25) is 4.99 Å². The van der Waals surface area contributed by atoms with Crippen LogP contribution >= 0.6 is 0 Å². The Labute approximate surface area is 69.2 Å². The van der Waals surface area contributed by atoms with Crippen LogP contribution in [-0.4, -0.2) is 19.8 Å². The lowest BCUT2D eigenvalue weighted by atomic mass is 10.1. The van der Waals surface area contributed by atoms with Gasteiger partial charge in [-0.15, -0.1) is 0 Å². The fourth-order valence-electron chi connectivity index (χ4n) is 0.882. The van der Waals surface area contributed by atoms with Crippen LogP contribution in [0.4, 0.5) is 0 Å². The second kappa shape index (κ2) is 7.48. The van der Waals surface area contributed by atoms with Crippen LogP contribution in [0.3, 0.4) is 0 Å². The number of unbranched alkanes of at least 4 members (excludes halogenated alkanes) is 1. The third kappa shape index (κ3) is 5.80. The molecule has 0 unspecified atom stereocenters. The Morgan fingerprint density at radius 3 is 2.73 bits per heavy atom. The zero-order valence-electron chi connectivity index (χ0n) is 7.51. The average molecular weight is 154 g/mol. The highest BCUT2D eigenvalue weighted by Gasteiger charge is 1.89. The molecule has 2 heteroatoms. The Balaban J connectivity index is 3.86. The van der Waals surface area contributed by atoms with Gasteiger partial charge in [0, 0.05) is 13.3 Å². The number of hydrogen-bond acceptors (Lipinski definition) is 2. The van der Waals surface area contributed by atoms with E-state index in [9.17, 15) is 0 Å². The molecule has 0 bridgehead atoms. The number of nitrogens with zero attached hydrogens (tertiary/aromatic N) is 1. The molecule has 0 aromatic rings. The van der Waals surface area contributed by atoms with Crippen molar-refractivity contribution in [3.05, 3.63) is 11.6 Å². The predicted octanol–water partition coefficient (Wildman–Crippen LogP) is 1.76. The smallest absolute Gasteiger partial charge is 0.0277 e. The van der Waals surface area contributed by atoms with Crippen molar-refractivity contribution in [3.63, 3.8) is 0 Å². The Hall–Kier alpha value is -0.630. The normalized spacial score (nSPS) is 12.8. The third-order valence-corrected chi connectivity index (χ3v) is 1.42. The number of aliphatic imine (C=N–C) groups is 1. The van der Waals surface area contributed by atoms with Crippen LogP contribution in [0.25, 0.3) is 0 Å². The average Bonchev–Trinajstić information content (AvgIpc) is 2.01. The molecule has 0 aliphatic heterocycles. The molecule has 0 aliphatic rings. The summed E-state index contributed by atoms with van der Waals surface area (Å²) in [7, 11) is 1.79. The zero-order chi connectivity index (χ0) is 8.53. The fourth-order valence-corrected chi connectivity index (χ4v) is 0.882. The van der Waals surface area contributed by atoms with Crippen LogP contribution in [0.1, 0.15) is 26.2 Å². The maximum Gasteiger partial charge on any atom is 0.0277 e. The van der Waals surface area contributed by atoms with Crippen LogP contribution in [0, 0.1) is 0 Å². The molecule has 0 fully saturated rings. The quantitative estimate of drug-likeness (QED) is 0.602. The highest BCUT2D eigenvalue weighted by Crippen LogP contribution is 2.00. The predicted molar refractivity (Wildman–Crippen MR) is 51.1 cm³/mol. The molecule has 0 saturated carbocycles. The van der Waals surface area contributed by atoms with Crippen molar-refractivity contribution in [2.75, 3.05) is 13.6 Å². The van der Waals surface area contributed by atoms with Crippen LogP contribution in [0.2, 0.25) is 0 Å². The van der Waals surface area contributed by atoms with Gasteiger partial charge in [0.05, 0.1) is 0 Å². The van der Waals surface area contributed by atoms with Crippen molar-refractivity contribution < 1.29 is 0 Å². The molecule has 0 spiro atoms. The SMILES string of the molecule is CCC/C=C(\C=NC)CCN. The van der Waals surface area contributed by atoms with Gasteiger partial charge in [0.2, 0.25) is 0 Å². The molecule has 2 N–H and O–H groups in total. The Morgan fingerprint density at radius 2 is 2.27 bits per heavy atom. The van der Waals surface area contributed by atoms with E-state index < -0.39 is 0 Å². The van der Waals surface area contributed by atoms with E-state index in [1.807, 2.05) is 6.21 Å². The maximum atomic E-state index is 5.43.